The summed E-state index contributed by atoms with van der Waals surface area (Å²) in [5, 5.41) is 0. The lowest BCUT2D eigenvalue weighted by atomic mass is 10.2. The molecule has 0 radical (unpaired) electrons. The largest absolute Gasteiger partial charge is 0.370 e. The minimum atomic E-state index is -3.39. The standard InChI is InChI=1S/C17H21N3O2S/c21-23(22,13-10-15-6-2-1-3-7-15)19-17-9-8-16(14-18-17)20-11-4-5-12-20/h1-3,6-9,14H,4-5,10-13H2,(H,18,19). The van der Waals surface area contributed by atoms with Gasteiger partial charge in [0.15, 0.2) is 0 Å². The molecule has 0 amide bonds. The lowest BCUT2D eigenvalue weighted by Gasteiger charge is -2.17. The Hall–Kier alpha value is -2.08. The van der Waals surface area contributed by atoms with E-state index in [-0.39, 0.29) is 5.75 Å². The molecule has 23 heavy (non-hydrogen) atoms. The van der Waals surface area contributed by atoms with Crippen LogP contribution in [0.1, 0.15) is 18.4 Å². The van der Waals surface area contributed by atoms with Gasteiger partial charge in [-0.15, -0.1) is 0 Å². The van der Waals surface area contributed by atoms with Crippen molar-refractivity contribution in [1.82, 2.24) is 4.98 Å². The number of hydrogen-bond donors (Lipinski definition) is 1. The van der Waals surface area contributed by atoms with Crippen LogP contribution >= 0.6 is 0 Å². The van der Waals surface area contributed by atoms with Crippen molar-refractivity contribution in [2.24, 2.45) is 0 Å². The molecule has 3 rings (SSSR count). The van der Waals surface area contributed by atoms with Crippen LogP contribution in [0.2, 0.25) is 0 Å². The highest BCUT2D eigenvalue weighted by Gasteiger charge is 2.14. The van der Waals surface area contributed by atoms with E-state index in [1.54, 1.807) is 12.3 Å². The molecule has 1 aliphatic heterocycles. The molecule has 0 unspecified atom stereocenters. The summed E-state index contributed by atoms with van der Waals surface area (Å²) >= 11 is 0. The van der Waals surface area contributed by atoms with E-state index in [0.29, 0.717) is 12.2 Å². The molecular formula is C17H21N3O2S. The van der Waals surface area contributed by atoms with Crippen molar-refractivity contribution in [1.29, 1.82) is 0 Å². The van der Waals surface area contributed by atoms with Gasteiger partial charge < -0.3 is 4.90 Å². The van der Waals surface area contributed by atoms with E-state index in [9.17, 15) is 8.42 Å². The molecule has 0 bridgehead atoms. The Morgan fingerprint density at radius 2 is 1.78 bits per heavy atom. The number of anilines is 2. The van der Waals surface area contributed by atoms with E-state index in [0.717, 1.165) is 24.3 Å². The Bertz CT molecular complexity index is 724. The summed E-state index contributed by atoms with van der Waals surface area (Å²) in [6.07, 6.45) is 4.63. The van der Waals surface area contributed by atoms with Gasteiger partial charge in [0, 0.05) is 13.1 Å². The average molecular weight is 331 g/mol. The molecule has 0 spiro atoms. The van der Waals surface area contributed by atoms with Gasteiger partial charge in [0.05, 0.1) is 17.6 Å². The van der Waals surface area contributed by atoms with Crippen molar-refractivity contribution >= 4 is 21.5 Å². The average Bonchev–Trinajstić information content (AvgIpc) is 3.09. The van der Waals surface area contributed by atoms with Gasteiger partial charge in [0.1, 0.15) is 5.82 Å². The van der Waals surface area contributed by atoms with Gasteiger partial charge in [0.25, 0.3) is 0 Å². The highest BCUT2D eigenvalue weighted by molar-refractivity contribution is 7.92. The SMILES string of the molecule is O=S(=O)(CCc1ccccc1)Nc1ccc(N2CCCC2)cn1. The van der Waals surface area contributed by atoms with Gasteiger partial charge in [-0.05, 0) is 37.0 Å². The molecule has 1 fully saturated rings. The number of pyridine rings is 1. The lowest BCUT2D eigenvalue weighted by Crippen LogP contribution is -2.20. The third-order valence-corrected chi connectivity index (χ3v) is 5.24. The van der Waals surface area contributed by atoms with Crippen LogP contribution in [0, 0.1) is 0 Å². The van der Waals surface area contributed by atoms with Crippen LogP contribution < -0.4 is 9.62 Å². The van der Waals surface area contributed by atoms with Crippen LogP contribution in [0.4, 0.5) is 11.5 Å². The molecule has 2 aromatic rings. The molecule has 5 nitrogen and oxygen atoms in total. The summed E-state index contributed by atoms with van der Waals surface area (Å²) in [4.78, 5) is 6.50. The third-order valence-electron chi connectivity index (χ3n) is 3.98. The molecule has 1 aromatic carbocycles. The highest BCUT2D eigenvalue weighted by atomic mass is 32.2. The number of aryl methyl sites for hydroxylation is 1. The molecule has 6 heteroatoms. The van der Waals surface area contributed by atoms with Crippen LogP contribution in [0.25, 0.3) is 0 Å². The predicted octanol–water partition coefficient (Wildman–Crippen LogP) is 2.67. The molecule has 0 aliphatic carbocycles. The topological polar surface area (TPSA) is 62.3 Å². The van der Waals surface area contributed by atoms with Crippen molar-refractivity contribution in [3.05, 3.63) is 54.2 Å². The number of sulfonamides is 1. The molecule has 1 aromatic heterocycles. The second kappa shape index (κ2) is 7.00. The number of rotatable bonds is 6. The van der Waals surface area contributed by atoms with Crippen molar-refractivity contribution < 1.29 is 8.42 Å². The number of nitrogens with one attached hydrogen (secondary N) is 1. The first-order valence-electron chi connectivity index (χ1n) is 7.88. The summed E-state index contributed by atoms with van der Waals surface area (Å²) in [6.45, 7) is 2.09. The lowest BCUT2D eigenvalue weighted by molar-refractivity contribution is 0.600. The zero-order chi connectivity index (χ0) is 16.1. The van der Waals surface area contributed by atoms with Crippen molar-refractivity contribution in [2.45, 2.75) is 19.3 Å². The minimum absolute atomic E-state index is 0.0482. The molecule has 1 aliphatic rings. The molecule has 0 saturated carbocycles. The highest BCUT2D eigenvalue weighted by Crippen LogP contribution is 2.20. The maximum atomic E-state index is 12.2. The van der Waals surface area contributed by atoms with Crippen LogP contribution in [-0.4, -0.2) is 32.2 Å². The predicted molar refractivity (Wildman–Crippen MR) is 93.2 cm³/mol. The fraction of sp³-hybridized carbons (Fsp3) is 0.353. The fourth-order valence-corrected chi connectivity index (χ4v) is 3.76. The maximum absolute atomic E-state index is 12.2. The van der Waals surface area contributed by atoms with Crippen LogP contribution in [0.15, 0.2) is 48.7 Å². The van der Waals surface area contributed by atoms with Gasteiger partial charge in [0.2, 0.25) is 10.0 Å². The van der Waals surface area contributed by atoms with E-state index in [2.05, 4.69) is 14.6 Å². The number of aromatic nitrogens is 1. The van der Waals surface area contributed by atoms with Gasteiger partial charge in [-0.1, -0.05) is 30.3 Å². The normalized spacial score (nSPS) is 14.9. The Morgan fingerprint density at radius 3 is 2.43 bits per heavy atom. The first kappa shape index (κ1) is 15.8. The monoisotopic (exact) mass is 331 g/mol. The minimum Gasteiger partial charge on any atom is -0.370 e. The Labute approximate surface area is 137 Å². The second-order valence-corrected chi connectivity index (χ2v) is 7.59. The van der Waals surface area contributed by atoms with E-state index < -0.39 is 10.0 Å². The number of nitrogens with zero attached hydrogens (tertiary/aromatic N) is 2. The second-order valence-electron chi connectivity index (χ2n) is 5.75. The van der Waals surface area contributed by atoms with Crippen LogP contribution in [0.3, 0.4) is 0 Å². The quantitative estimate of drug-likeness (QED) is 0.884. The van der Waals surface area contributed by atoms with Gasteiger partial charge in [-0.2, -0.15) is 0 Å². The summed E-state index contributed by atoms with van der Waals surface area (Å²) in [7, 11) is -3.39. The van der Waals surface area contributed by atoms with Crippen molar-refractivity contribution in [3.63, 3.8) is 0 Å². The van der Waals surface area contributed by atoms with Gasteiger partial charge in [-0.3, -0.25) is 4.72 Å². The zero-order valence-corrected chi connectivity index (χ0v) is 13.8. The first-order valence-corrected chi connectivity index (χ1v) is 9.53. The fourth-order valence-electron chi connectivity index (χ4n) is 2.72. The molecule has 122 valence electrons. The Balaban J connectivity index is 1.59. The smallest absolute Gasteiger partial charge is 0.234 e. The molecule has 1 N–H and O–H groups in total. The first-order chi connectivity index (χ1) is 11.1. The van der Waals surface area contributed by atoms with E-state index in [1.165, 1.54) is 12.8 Å². The summed E-state index contributed by atoms with van der Waals surface area (Å²) in [5.74, 6) is 0.424. The molecular weight excluding hydrogens is 310 g/mol. The van der Waals surface area contributed by atoms with Crippen molar-refractivity contribution in [3.8, 4) is 0 Å². The van der Waals surface area contributed by atoms with Gasteiger partial charge in [-0.25, -0.2) is 13.4 Å². The summed E-state index contributed by atoms with van der Waals surface area (Å²) in [6, 6.07) is 13.3. The number of benzene rings is 1. The van der Waals surface area contributed by atoms with Crippen LogP contribution in [-0.2, 0) is 16.4 Å². The Morgan fingerprint density at radius 1 is 1.04 bits per heavy atom. The maximum Gasteiger partial charge on any atom is 0.234 e. The molecule has 2 heterocycles. The summed E-state index contributed by atoms with van der Waals surface area (Å²) in [5.41, 5.74) is 2.06. The molecule has 0 atom stereocenters. The Kier molecular flexibility index (Phi) is 4.81. The third kappa shape index (κ3) is 4.45. The van der Waals surface area contributed by atoms with Crippen LogP contribution in [0.5, 0.6) is 0 Å². The van der Waals surface area contributed by atoms with E-state index in [1.807, 2.05) is 36.4 Å². The van der Waals surface area contributed by atoms with Gasteiger partial charge >= 0.3 is 0 Å². The van der Waals surface area contributed by atoms with E-state index in [4.69, 9.17) is 0 Å². The summed E-state index contributed by atoms with van der Waals surface area (Å²) < 4.78 is 26.9. The molecule has 1 saturated heterocycles. The van der Waals surface area contributed by atoms with Crippen molar-refractivity contribution in [2.75, 3.05) is 28.5 Å². The number of hydrogen-bond acceptors (Lipinski definition) is 4. The van der Waals surface area contributed by atoms with E-state index >= 15 is 0 Å². The zero-order valence-electron chi connectivity index (χ0n) is 13.0.